The van der Waals surface area contributed by atoms with Crippen molar-refractivity contribution in [2.75, 3.05) is 33.0 Å². The van der Waals surface area contributed by atoms with Crippen LogP contribution < -0.4 is 18.9 Å². The summed E-state index contributed by atoms with van der Waals surface area (Å²) in [6.07, 6.45) is 15.9. The third kappa shape index (κ3) is 13.6. The van der Waals surface area contributed by atoms with Crippen molar-refractivity contribution in [2.45, 2.75) is 69.1 Å². The second-order valence-electron chi connectivity index (χ2n) is 18.6. The molecular formula is C61H59N3O9S. The third-order valence-electron chi connectivity index (χ3n) is 13.2. The number of carbonyl (C=O) groups is 2. The van der Waals surface area contributed by atoms with Gasteiger partial charge >= 0.3 is 11.9 Å². The zero-order valence-electron chi connectivity index (χ0n) is 41.2. The van der Waals surface area contributed by atoms with Gasteiger partial charge in [0, 0.05) is 37.7 Å². The number of nitrogens with zero attached hydrogens (tertiary/aromatic N) is 3. The Kier molecular flexibility index (Phi) is 16.6. The predicted molar refractivity (Wildman–Crippen MR) is 290 cm³/mol. The Bertz CT molecular complexity index is 3050. The molecule has 13 heteroatoms. The number of fused-ring (bicyclic) bond motifs is 3. The smallest absolute Gasteiger partial charge is 0.343 e. The molecule has 12 nitrogen and oxygen atoms in total. The minimum atomic E-state index is -0.500. The fraction of sp³-hybridized carbons (Fsp3) is 0.279. The molecule has 378 valence electrons. The summed E-state index contributed by atoms with van der Waals surface area (Å²) in [6.45, 7) is 6.91. The summed E-state index contributed by atoms with van der Waals surface area (Å²) in [5.41, 5.74) is 6.14. The van der Waals surface area contributed by atoms with E-state index in [0.717, 1.165) is 93.8 Å². The number of amidine groups is 1. The Morgan fingerprint density at radius 3 is 2.31 bits per heavy atom. The molecule has 6 aromatic carbocycles. The van der Waals surface area contributed by atoms with Crippen LogP contribution in [-0.4, -0.2) is 78.8 Å². The number of carbonyl (C=O) groups excluding carboxylic acids is 2. The van der Waals surface area contributed by atoms with Crippen LogP contribution in [-0.2, 0) is 32.2 Å². The van der Waals surface area contributed by atoms with Gasteiger partial charge in [-0.1, -0.05) is 109 Å². The van der Waals surface area contributed by atoms with Crippen LogP contribution in [0.1, 0.15) is 65.6 Å². The van der Waals surface area contributed by atoms with Crippen LogP contribution in [0.4, 0.5) is 0 Å². The standard InChI is InChI=1S/C61H59N3O9S/c1-2-59(65)70-33-9-32-68-51-24-21-46(22-25-51)45-17-14-43(15-18-45)41-71-53-27-29-55(50(37-53)38-62-64(39-42-10-4-3-5-11-42)61-63-54-12-6-7-13-58(54)74-61)73-60(66)49-20-19-48-36-52(26-23-47(48)35-49)69-31-8-30-67-40-44-16-28-56-57(34-44)72-56/h2-7,10-12,14-15,17-27,29,35-38,44,56-58H,1,8-9,13,16,28,30-34,39-41H2/b62-38+. The first-order valence-electron chi connectivity index (χ1n) is 25.4. The number of aliphatic imine (C=N–C) groups is 1. The normalized spacial score (nSPS) is 18.4. The maximum atomic E-state index is 14.0. The highest BCUT2D eigenvalue weighted by Gasteiger charge is 2.43. The van der Waals surface area contributed by atoms with Crippen LogP contribution in [0.3, 0.4) is 0 Å². The molecule has 6 aromatic rings. The summed E-state index contributed by atoms with van der Waals surface area (Å²) < 4.78 is 41.1. The van der Waals surface area contributed by atoms with Gasteiger partial charge in [0.05, 0.1) is 61.3 Å². The van der Waals surface area contributed by atoms with E-state index >= 15 is 0 Å². The van der Waals surface area contributed by atoms with Crippen LogP contribution in [0, 0.1) is 5.92 Å². The summed E-state index contributed by atoms with van der Waals surface area (Å²) in [7, 11) is 0. The highest BCUT2D eigenvalue weighted by atomic mass is 32.2. The van der Waals surface area contributed by atoms with Gasteiger partial charge in [-0.15, -0.1) is 0 Å². The van der Waals surface area contributed by atoms with Crippen molar-refractivity contribution >= 4 is 45.9 Å². The van der Waals surface area contributed by atoms with Gasteiger partial charge < -0.3 is 33.2 Å². The molecule has 0 bridgehead atoms. The quantitative estimate of drug-likeness (QED) is 0.0116. The molecule has 0 aromatic heterocycles. The first-order valence-corrected chi connectivity index (χ1v) is 26.2. The number of esters is 2. The number of ether oxygens (including phenoxy) is 7. The molecule has 0 spiro atoms. The van der Waals surface area contributed by atoms with Gasteiger partial charge in [0.15, 0.2) is 5.17 Å². The van der Waals surface area contributed by atoms with E-state index < -0.39 is 11.9 Å². The molecule has 0 N–H and O–H groups in total. The lowest BCUT2D eigenvalue weighted by Crippen LogP contribution is -2.22. The van der Waals surface area contributed by atoms with E-state index in [0.29, 0.717) is 80.1 Å². The summed E-state index contributed by atoms with van der Waals surface area (Å²) in [5, 5.41) is 9.79. The second kappa shape index (κ2) is 24.5. The average Bonchev–Trinajstić information content (AvgIpc) is 4.09. The second-order valence-corrected chi connectivity index (χ2v) is 19.8. The Morgan fingerprint density at radius 1 is 0.757 bits per heavy atom. The number of hydrogen-bond donors (Lipinski definition) is 0. The minimum absolute atomic E-state index is 0.231. The van der Waals surface area contributed by atoms with Gasteiger partial charge in [0.1, 0.15) is 29.6 Å². The molecule has 1 saturated heterocycles. The van der Waals surface area contributed by atoms with Crippen LogP contribution in [0.5, 0.6) is 23.0 Å². The van der Waals surface area contributed by atoms with Crippen molar-refractivity contribution in [3.8, 4) is 34.1 Å². The summed E-state index contributed by atoms with van der Waals surface area (Å²) in [5.74, 6) is 2.08. The first-order chi connectivity index (χ1) is 36.4. The fourth-order valence-electron chi connectivity index (χ4n) is 9.08. The average molecular weight is 1010 g/mol. The Balaban J connectivity index is 0.804. The Labute approximate surface area is 436 Å². The Hall–Kier alpha value is -7.45. The molecule has 0 amide bonds. The number of epoxide rings is 1. The molecular weight excluding hydrogens is 951 g/mol. The number of hydrazone groups is 1. The molecule has 4 unspecified atom stereocenters. The Morgan fingerprint density at radius 2 is 1.50 bits per heavy atom. The van der Waals surface area contributed by atoms with Gasteiger partial charge in [0.25, 0.3) is 0 Å². The number of hydrogen-bond acceptors (Lipinski definition) is 13. The van der Waals surface area contributed by atoms with Crippen molar-refractivity contribution in [2.24, 2.45) is 16.0 Å². The largest absolute Gasteiger partial charge is 0.493 e. The summed E-state index contributed by atoms with van der Waals surface area (Å²) in [4.78, 5) is 30.2. The van der Waals surface area contributed by atoms with Gasteiger partial charge in [0.2, 0.25) is 0 Å². The number of thioether (sulfide) groups is 1. The van der Waals surface area contributed by atoms with Crippen LogP contribution >= 0.6 is 11.8 Å². The summed E-state index contributed by atoms with van der Waals surface area (Å²) >= 11 is 1.69. The van der Waals surface area contributed by atoms with E-state index in [9.17, 15) is 9.59 Å². The number of benzene rings is 6. The monoisotopic (exact) mass is 1010 g/mol. The highest BCUT2D eigenvalue weighted by molar-refractivity contribution is 8.14. The molecule has 4 atom stereocenters. The van der Waals surface area contributed by atoms with E-state index in [-0.39, 0.29) is 11.9 Å². The molecule has 0 radical (unpaired) electrons. The van der Waals surface area contributed by atoms with E-state index in [1.54, 1.807) is 36.2 Å². The predicted octanol–water partition coefficient (Wildman–Crippen LogP) is 12.3. The maximum Gasteiger partial charge on any atom is 0.343 e. The van der Waals surface area contributed by atoms with E-state index in [2.05, 4.69) is 49.1 Å². The SMILES string of the molecule is C=CC(=O)OCCCOc1ccc(-c2ccc(COc3ccc(OC(=O)c4ccc5cc(OCCCOCC6CCC7OC7C6)ccc5c4)c(/C=N/N(Cc4ccccc4)C4=NC5=CC=CCC5S4)c3)cc2)cc1. The maximum absolute atomic E-state index is 14.0. The number of rotatable bonds is 23. The zero-order valence-corrected chi connectivity index (χ0v) is 42.0. The molecule has 74 heavy (non-hydrogen) atoms. The van der Waals surface area contributed by atoms with Crippen molar-refractivity contribution in [1.82, 2.24) is 5.01 Å². The third-order valence-corrected chi connectivity index (χ3v) is 14.4. The summed E-state index contributed by atoms with van der Waals surface area (Å²) in [6, 6.07) is 43.0. The highest BCUT2D eigenvalue weighted by Crippen LogP contribution is 2.40. The molecule has 2 fully saturated rings. The molecule has 4 aliphatic rings. The molecule has 10 rings (SSSR count). The topological polar surface area (TPSA) is 130 Å². The fourth-order valence-corrected chi connectivity index (χ4v) is 10.2. The molecule has 2 aliphatic carbocycles. The van der Waals surface area contributed by atoms with Crippen LogP contribution in [0.2, 0.25) is 0 Å². The molecule has 2 heterocycles. The van der Waals surface area contributed by atoms with Gasteiger partial charge in [-0.25, -0.2) is 19.6 Å². The van der Waals surface area contributed by atoms with E-state index in [1.807, 2.05) is 96.0 Å². The first kappa shape index (κ1) is 50.1. The zero-order chi connectivity index (χ0) is 50.5. The van der Waals surface area contributed by atoms with Gasteiger partial charge in [-0.3, -0.25) is 0 Å². The van der Waals surface area contributed by atoms with Gasteiger partial charge in [-0.2, -0.15) is 5.10 Å². The minimum Gasteiger partial charge on any atom is -0.493 e. The van der Waals surface area contributed by atoms with E-state index in [4.69, 9.17) is 43.3 Å². The lowest BCUT2D eigenvalue weighted by atomic mass is 9.90. The van der Waals surface area contributed by atoms with E-state index in [1.165, 1.54) is 6.42 Å². The lowest BCUT2D eigenvalue weighted by molar-refractivity contribution is -0.137. The van der Waals surface area contributed by atoms with Crippen LogP contribution in [0.25, 0.3) is 21.9 Å². The number of allylic oxidation sites excluding steroid dienone is 3. The van der Waals surface area contributed by atoms with Crippen molar-refractivity contribution in [3.05, 3.63) is 192 Å². The van der Waals surface area contributed by atoms with Crippen LogP contribution in [0.15, 0.2) is 180 Å². The molecule has 1 saturated carbocycles. The van der Waals surface area contributed by atoms with Crippen molar-refractivity contribution in [3.63, 3.8) is 0 Å². The van der Waals surface area contributed by atoms with Crippen molar-refractivity contribution < 1.29 is 42.7 Å². The lowest BCUT2D eigenvalue weighted by Gasteiger charge is -2.19. The van der Waals surface area contributed by atoms with Crippen molar-refractivity contribution in [1.29, 1.82) is 0 Å². The molecule has 2 aliphatic heterocycles. The van der Waals surface area contributed by atoms with Gasteiger partial charge in [-0.05, 0) is 125 Å².